The van der Waals surface area contributed by atoms with Gasteiger partial charge in [-0.1, -0.05) is 110 Å². The molecule has 0 unspecified atom stereocenters. The summed E-state index contributed by atoms with van der Waals surface area (Å²) in [6, 6.07) is 1.30. The van der Waals surface area contributed by atoms with Crippen LogP contribution in [0, 0.1) is 0 Å². The van der Waals surface area contributed by atoms with Crippen molar-refractivity contribution in [2.75, 3.05) is 0 Å². The molecule has 0 heterocycles. The van der Waals surface area contributed by atoms with Gasteiger partial charge in [-0.15, -0.1) is 0 Å². The van der Waals surface area contributed by atoms with Crippen LogP contribution >= 0.6 is 11.1 Å². The predicted octanol–water partition coefficient (Wildman–Crippen LogP) is 7.91. The van der Waals surface area contributed by atoms with E-state index in [1.165, 1.54) is 95.9 Å². The zero-order valence-electron chi connectivity index (χ0n) is 14.5. The second kappa shape index (κ2) is 14.4. The van der Waals surface area contributed by atoms with Crippen LogP contribution in [0.2, 0.25) is 19.1 Å². The third kappa shape index (κ3) is 18.5. The largest absolute Gasteiger partial charge is 0.168 e. The number of unbranched alkanes of at least 4 members (excludes halogenated alkanes) is 13. The normalized spacial score (nSPS) is 12.0. The summed E-state index contributed by atoms with van der Waals surface area (Å²) in [5.41, 5.74) is 0. The summed E-state index contributed by atoms with van der Waals surface area (Å²) in [7, 11) is -1.29. The zero-order valence-corrected chi connectivity index (χ0v) is 16.2. The topological polar surface area (TPSA) is 0 Å². The highest BCUT2D eigenvalue weighted by Gasteiger charge is 2.15. The molecule has 0 saturated heterocycles. The molecule has 0 nitrogen and oxygen atoms in total. The maximum Gasteiger partial charge on any atom is 0.150 e. The smallest absolute Gasteiger partial charge is 0.150 e. The van der Waals surface area contributed by atoms with Crippen LogP contribution in [-0.4, -0.2) is 7.38 Å². The molecular weight excluding hydrogens is 280 g/mol. The zero-order chi connectivity index (χ0) is 15.1. The van der Waals surface area contributed by atoms with Crippen LogP contribution in [-0.2, 0) is 0 Å². The Morgan fingerprint density at radius 2 is 0.850 bits per heavy atom. The van der Waals surface area contributed by atoms with Gasteiger partial charge in [-0.25, -0.2) is 0 Å². The lowest BCUT2D eigenvalue weighted by atomic mass is 10.0. The van der Waals surface area contributed by atoms with Gasteiger partial charge in [0.2, 0.25) is 0 Å². The Balaban J connectivity index is 2.99. The van der Waals surface area contributed by atoms with E-state index < -0.39 is 7.38 Å². The molecule has 0 saturated carbocycles. The Morgan fingerprint density at radius 3 is 1.15 bits per heavy atom. The molecule has 20 heavy (non-hydrogen) atoms. The fourth-order valence-electron chi connectivity index (χ4n) is 2.74. The summed E-state index contributed by atoms with van der Waals surface area (Å²) in [6.45, 7) is 6.81. The quantitative estimate of drug-likeness (QED) is 0.163. The van der Waals surface area contributed by atoms with E-state index >= 15 is 0 Å². The van der Waals surface area contributed by atoms with Gasteiger partial charge in [-0.3, -0.25) is 0 Å². The average Bonchev–Trinajstić information content (AvgIpc) is 2.38. The van der Waals surface area contributed by atoms with Crippen LogP contribution in [0.5, 0.6) is 0 Å². The van der Waals surface area contributed by atoms with Gasteiger partial charge in [0.1, 0.15) is 7.38 Å². The molecule has 0 aromatic rings. The maximum atomic E-state index is 6.32. The van der Waals surface area contributed by atoms with E-state index in [4.69, 9.17) is 11.1 Å². The molecule has 2 heteroatoms. The number of halogens is 1. The molecule has 0 atom stereocenters. The first-order valence-electron chi connectivity index (χ1n) is 9.25. The van der Waals surface area contributed by atoms with Crippen LogP contribution in [0.4, 0.5) is 0 Å². The average molecular weight is 319 g/mol. The Morgan fingerprint density at radius 1 is 0.550 bits per heavy atom. The van der Waals surface area contributed by atoms with Gasteiger partial charge in [-0.2, -0.15) is 11.1 Å². The summed E-state index contributed by atoms with van der Waals surface area (Å²) in [5.74, 6) is 0. The summed E-state index contributed by atoms with van der Waals surface area (Å²) >= 11 is 6.32. The van der Waals surface area contributed by atoms with Crippen molar-refractivity contribution in [3.63, 3.8) is 0 Å². The molecule has 0 rings (SSSR count). The summed E-state index contributed by atoms with van der Waals surface area (Å²) in [4.78, 5) is 0. The van der Waals surface area contributed by atoms with Gasteiger partial charge < -0.3 is 0 Å². The van der Waals surface area contributed by atoms with E-state index in [0.717, 1.165) is 0 Å². The first-order chi connectivity index (χ1) is 9.56. The van der Waals surface area contributed by atoms with Gasteiger partial charge in [0.25, 0.3) is 0 Å². The Labute approximate surface area is 134 Å². The Hall–Kier alpha value is 0.507. The van der Waals surface area contributed by atoms with E-state index in [0.29, 0.717) is 0 Å². The molecule has 0 aliphatic heterocycles. The van der Waals surface area contributed by atoms with E-state index in [2.05, 4.69) is 20.0 Å². The summed E-state index contributed by atoms with van der Waals surface area (Å²) in [5, 5.41) is 0. The first-order valence-corrected chi connectivity index (χ1v) is 13.5. The third-order valence-corrected chi connectivity index (χ3v) is 6.23. The van der Waals surface area contributed by atoms with Crippen molar-refractivity contribution in [2.24, 2.45) is 0 Å². The van der Waals surface area contributed by atoms with E-state index in [9.17, 15) is 0 Å². The van der Waals surface area contributed by atoms with E-state index in [1.54, 1.807) is 0 Å². The van der Waals surface area contributed by atoms with E-state index in [1.807, 2.05) is 0 Å². The van der Waals surface area contributed by atoms with Crippen molar-refractivity contribution in [1.29, 1.82) is 0 Å². The Kier molecular flexibility index (Phi) is 14.8. The van der Waals surface area contributed by atoms with Crippen LogP contribution in [0.1, 0.15) is 96.8 Å². The molecule has 0 spiro atoms. The van der Waals surface area contributed by atoms with Gasteiger partial charge in [0, 0.05) is 0 Å². The molecule has 0 N–H and O–H groups in total. The van der Waals surface area contributed by atoms with Crippen LogP contribution < -0.4 is 0 Å². The van der Waals surface area contributed by atoms with Crippen molar-refractivity contribution < 1.29 is 0 Å². The minimum absolute atomic E-state index is 1.29. The lowest BCUT2D eigenvalue weighted by Crippen LogP contribution is -2.14. The molecule has 0 bridgehead atoms. The minimum atomic E-state index is -1.29. The van der Waals surface area contributed by atoms with Crippen molar-refractivity contribution >= 4 is 18.5 Å². The van der Waals surface area contributed by atoms with Gasteiger partial charge in [0.15, 0.2) is 0 Å². The standard InChI is InChI=1S/C18H39ClSi/c1-4-5-6-7-8-9-10-11-12-13-14-15-16-17-18-20(2,3)19/h4-18H2,1-3H3. The molecule has 0 radical (unpaired) electrons. The summed E-state index contributed by atoms with van der Waals surface area (Å²) in [6.07, 6.45) is 20.2. The monoisotopic (exact) mass is 318 g/mol. The van der Waals surface area contributed by atoms with Gasteiger partial charge in [0.05, 0.1) is 0 Å². The van der Waals surface area contributed by atoms with Crippen LogP contribution in [0.15, 0.2) is 0 Å². The van der Waals surface area contributed by atoms with Crippen LogP contribution in [0.25, 0.3) is 0 Å². The molecule has 0 aromatic carbocycles. The molecule has 0 aliphatic carbocycles. The first kappa shape index (κ1) is 20.5. The second-order valence-corrected chi connectivity index (χ2v) is 14.1. The fourth-order valence-corrected chi connectivity index (χ4v) is 4.23. The predicted molar refractivity (Wildman–Crippen MR) is 98.5 cm³/mol. The molecule has 0 aliphatic rings. The van der Waals surface area contributed by atoms with Gasteiger partial charge >= 0.3 is 0 Å². The van der Waals surface area contributed by atoms with Gasteiger partial charge in [-0.05, 0) is 6.04 Å². The molecular formula is C18H39ClSi. The highest BCUT2D eigenvalue weighted by atomic mass is 35.6. The van der Waals surface area contributed by atoms with Crippen molar-refractivity contribution in [3.05, 3.63) is 0 Å². The minimum Gasteiger partial charge on any atom is -0.168 e. The molecule has 0 fully saturated rings. The third-order valence-electron chi connectivity index (χ3n) is 4.12. The highest BCUT2D eigenvalue weighted by Crippen LogP contribution is 2.19. The van der Waals surface area contributed by atoms with Crippen molar-refractivity contribution in [1.82, 2.24) is 0 Å². The van der Waals surface area contributed by atoms with E-state index in [-0.39, 0.29) is 0 Å². The molecule has 122 valence electrons. The number of hydrogen-bond donors (Lipinski definition) is 0. The van der Waals surface area contributed by atoms with Crippen LogP contribution in [0.3, 0.4) is 0 Å². The lowest BCUT2D eigenvalue weighted by Gasteiger charge is -2.11. The van der Waals surface area contributed by atoms with Crippen molar-refractivity contribution in [3.8, 4) is 0 Å². The second-order valence-electron chi connectivity index (χ2n) is 7.06. The number of hydrogen-bond acceptors (Lipinski definition) is 0. The maximum absolute atomic E-state index is 6.32. The lowest BCUT2D eigenvalue weighted by molar-refractivity contribution is 0.538. The SMILES string of the molecule is CCCCCCCCCCCCCCCC[Si](C)(C)Cl. The summed E-state index contributed by atoms with van der Waals surface area (Å²) < 4.78 is 0. The number of rotatable bonds is 15. The highest BCUT2D eigenvalue weighted by molar-refractivity contribution is 7.19. The Bertz CT molecular complexity index is 186. The van der Waals surface area contributed by atoms with Crippen molar-refractivity contribution in [2.45, 2.75) is 116 Å². The fraction of sp³-hybridized carbons (Fsp3) is 1.00. The molecule has 0 aromatic heterocycles. The molecule has 0 amide bonds.